The SMILES string of the molecule is CCNC(=NCc1ccc(N2CCSCC2)cc1)NCC(CCO)CC(C)C.I. The normalized spacial score (nSPS) is 15.8. The first-order valence-corrected chi connectivity index (χ1v) is 11.8. The molecule has 0 amide bonds. The van der Waals surface area contributed by atoms with Crippen molar-refractivity contribution < 1.29 is 5.11 Å². The Morgan fingerprint density at radius 2 is 1.86 bits per heavy atom. The van der Waals surface area contributed by atoms with Gasteiger partial charge < -0.3 is 20.6 Å². The third-order valence-corrected chi connectivity index (χ3v) is 5.92. The second kappa shape index (κ2) is 15.2. The molecule has 1 saturated heterocycles. The molecule has 0 radical (unpaired) electrons. The Labute approximate surface area is 198 Å². The van der Waals surface area contributed by atoms with E-state index in [4.69, 9.17) is 4.99 Å². The molecule has 0 aromatic heterocycles. The van der Waals surface area contributed by atoms with Gasteiger partial charge in [-0.05, 0) is 49.3 Å². The zero-order chi connectivity index (χ0) is 20.2. The Morgan fingerprint density at radius 3 is 2.45 bits per heavy atom. The van der Waals surface area contributed by atoms with Crippen LogP contribution in [0.15, 0.2) is 29.3 Å². The Morgan fingerprint density at radius 1 is 1.17 bits per heavy atom. The van der Waals surface area contributed by atoms with Crippen LogP contribution in [0.4, 0.5) is 5.69 Å². The lowest BCUT2D eigenvalue weighted by molar-refractivity contribution is 0.243. The summed E-state index contributed by atoms with van der Waals surface area (Å²) in [5.74, 6) is 4.40. The molecule has 0 bridgehead atoms. The van der Waals surface area contributed by atoms with Crippen LogP contribution in [-0.2, 0) is 6.54 Å². The summed E-state index contributed by atoms with van der Waals surface area (Å²) < 4.78 is 0. The molecule has 7 heteroatoms. The summed E-state index contributed by atoms with van der Waals surface area (Å²) >= 11 is 2.04. The number of nitrogens with one attached hydrogen (secondary N) is 2. The van der Waals surface area contributed by atoms with Crippen molar-refractivity contribution in [3.05, 3.63) is 29.8 Å². The highest BCUT2D eigenvalue weighted by molar-refractivity contribution is 14.0. The van der Waals surface area contributed by atoms with Crippen molar-refractivity contribution in [3.63, 3.8) is 0 Å². The number of aliphatic hydroxyl groups excluding tert-OH is 1. The molecule has 1 unspecified atom stereocenters. The lowest BCUT2D eigenvalue weighted by atomic mass is 9.94. The molecule has 0 aliphatic carbocycles. The van der Waals surface area contributed by atoms with Gasteiger partial charge in [0.2, 0.25) is 0 Å². The second-order valence-corrected chi connectivity index (χ2v) is 9.07. The minimum atomic E-state index is 0. The number of rotatable bonds is 10. The molecular weight excluding hydrogens is 495 g/mol. The summed E-state index contributed by atoms with van der Waals surface area (Å²) in [6.45, 7) is 11.4. The highest BCUT2D eigenvalue weighted by Gasteiger charge is 2.12. The standard InChI is InChI=1S/C22H38N4OS.HI/c1-4-23-22(25-17-20(9-12-27)15-18(2)3)24-16-19-5-7-21(8-6-19)26-10-13-28-14-11-26;/h5-8,18,20,27H,4,9-17H2,1-3H3,(H2,23,24,25);1H. The molecule has 1 fully saturated rings. The van der Waals surface area contributed by atoms with Crippen molar-refractivity contribution in [2.75, 3.05) is 49.2 Å². The van der Waals surface area contributed by atoms with Crippen LogP contribution in [0.5, 0.6) is 0 Å². The molecule has 29 heavy (non-hydrogen) atoms. The van der Waals surface area contributed by atoms with Crippen LogP contribution in [0.3, 0.4) is 0 Å². The van der Waals surface area contributed by atoms with E-state index in [-0.39, 0.29) is 30.6 Å². The number of hydrogen-bond acceptors (Lipinski definition) is 4. The average molecular weight is 535 g/mol. The Kier molecular flexibility index (Phi) is 13.8. The number of guanidine groups is 1. The lowest BCUT2D eigenvalue weighted by Crippen LogP contribution is -2.40. The molecule has 3 N–H and O–H groups in total. The number of thioether (sulfide) groups is 1. The summed E-state index contributed by atoms with van der Waals surface area (Å²) in [5, 5.41) is 16.1. The van der Waals surface area contributed by atoms with E-state index in [0.29, 0.717) is 18.4 Å². The number of halogens is 1. The maximum Gasteiger partial charge on any atom is 0.191 e. The Bertz CT molecular complexity index is 577. The van der Waals surface area contributed by atoms with Crippen molar-refractivity contribution in [2.45, 2.75) is 40.2 Å². The number of anilines is 1. The van der Waals surface area contributed by atoms with Gasteiger partial charge in [-0.3, -0.25) is 0 Å². The quantitative estimate of drug-likeness (QED) is 0.241. The molecule has 0 spiro atoms. The summed E-state index contributed by atoms with van der Waals surface area (Å²) in [6.07, 6.45) is 1.95. The third-order valence-electron chi connectivity index (χ3n) is 4.98. The molecule has 1 aromatic carbocycles. The third kappa shape index (κ3) is 10.3. The largest absolute Gasteiger partial charge is 0.396 e. The molecule has 1 aromatic rings. The first kappa shape index (κ1) is 26.4. The van der Waals surface area contributed by atoms with Crippen LogP contribution in [0.2, 0.25) is 0 Å². The van der Waals surface area contributed by atoms with Gasteiger partial charge in [0.15, 0.2) is 5.96 Å². The van der Waals surface area contributed by atoms with Crippen molar-refractivity contribution >= 4 is 47.4 Å². The van der Waals surface area contributed by atoms with Crippen molar-refractivity contribution in [1.82, 2.24) is 10.6 Å². The first-order chi connectivity index (χ1) is 13.6. The lowest BCUT2D eigenvalue weighted by Gasteiger charge is -2.28. The van der Waals surface area contributed by atoms with E-state index in [9.17, 15) is 5.11 Å². The molecule has 0 saturated carbocycles. The molecule has 1 aliphatic rings. The maximum absolute atomic E-state index is 9.31. The van der Waals surface area contributed by atoms with Gasteiger partial charge in [-0.15, -0.1) is 24.0 Å². The topological polar surface area (TPSA) is 59.9 Å². The fourth-order valence-corrected chi connectivity index (χ4v) is 4.44. The minimum absolute atomic E-state index is 0. The van der Waals surface area contributed by atoms with Crippen LogP contribution in [0.25, 0.3) is 0 Å². The number of aliphatic imine (C=N–C) groups is 1. The predicted octanol–water partition coefficient (Wildman–Crippen LogP) is 3.96. The molecule has 5 nitrogen and oxygen atoms in total. The van der Waals surface area contributed by atoms with Gasteiger partial charge in [0.05, 0.1) is 6.54 Å². The van der Waals surface area contributed by atoms with E-state index in [1.165, 1.54) is 22.8 Å². The van der Waals surface area contributed by atoms with Gasteiger partial charge in [-0.1, -0.05) is 26.0 Å². The average Bonchev–Trinajstić information content (AvgIpc) is 2.71. The fourth-order valence-electron chi connectivity index (χ4n) is 3.54. The van der Waals surface area contributed by atoms with E-state index in [1.807, 2.05) is 11.8 Å². The summed E-state index contributed by atoms with van der Waals surface area (Å²) in [7, 11) is 0. The van der Waals surface area contributed by atoms with Crippen molar-refractivity contribution in [1.29, 1.82) is 0 Å². The molecule has 1 atom stereocenters. The Balaban J connectivity index is 0.00000420. The van der Waals surface area contributed by atoms with E-state index >= 15 is 0 Å². The van der Waals surface area contributed by atoms with Gasteiger partial charge >= 0.3 is 0 Å². The molecule has 1 heterocycles. The number of aliphatic hydroxyl groups is 1. The predicted molar refractivity (Wildman–Crippen MR) is 139 cm³/mol. The van der Waals surface area contributed by atoms with Crippen LogP contribution in [0, 0.1) is 11.8 Å². The molecule has 2 rings (SSSR count). The van der Waals surface area contributed by atoms with Crippen molar-refractivity contribution in [3.8, 4) is 0 Å². The van der Waals surface area contributed by atoms with Gasteiger partial charge in [-0.2, -0.15) is 11.8 Å². The van der Waals surface area contributed by atoms with Gasteiger partial charge in [0, 0.05) is 50.0 Å². The van der Waals surface area contributed by atoms with E-state index in [2.05, 4.69) is 60.6 Å². The van der Waals surface area contributed by atoms with Crippen LogP contribution in [-0.4, -0.2) is 55.4 Å². The number of hydrogen-bond donors (Lipinski definition) is 3. The monoisotopic (exact) mass is 534 g/mol. The first-order valence-electron chi connectivity index (χ1n) is 10.7. The highest BCUT2D eigenvalue weighted by atomic mass is 127. The van der Waals surface area contributed by atoms with Crippen molar-refractivity contribution in [2.24, 2.45) is 16.8 Å². The summed E-state index contributed by atoms with van der Waals surface area (Å²) in [6, 6.07) is 8.83. The number of nitrogens with zero attached hydrogens (tertiary/aromatic N) is 2. The number of benzene rings is 1. The van der Waals surface area contributed by atoms with E-state index in [0.717, 1.165) is 45.0 Å². The van der Waals surface area contributed by atoms with Crippen LogP contribution >= 0.6 is 35.7 Å². The Hall–Kier alpha value is -0.670. The highest BCUT2D eigenvalue weighted by Crippen LogP contribution is 2.20. The molecule has 166 valence electrons. The van der Waals surface area contributed by atoms with Crippen LogP contribution in [0.1, 0.15) is 39.2 Å². The zero-order valence-corrected chi connectivity index (χ0v) is 21.3. The molecular formula is C22H39IN4OS. The van der Waals surface area contributed by atoms with Gasteiger partial charge in [-0.25, -0.2) is 4.99 Å². The van der Waals surface area contributed by atoms with Crippen LogP contribution < -0.4 is 15.5 Å². The summed E-state index contributed by atoms with van der Waals surface area (Å²) in [5.41, 5.74) is 2.54. The van der Waals surface area contributed by atoms with Gasteiger partial charge in [0.25, 0.3) is 0 Å². The smallest absolute Gasteiger partial charge is 0.191 e. The maximum atomic E-state index is 9.31. The fraction of sp³-hybridized carbons (Fsp3) is 0.682. The molecule has 1 aliphatic heterocycles. The minimum Gasteiger partial charge on any atom is -0.396 e. The van der Waals surface area contributed by atoms with Gasteiger partial charge in [0.1, 0.15) is 0 Å². The zero-order valence-electron chi connectivity index (χ0n) is 18.2. The second-order valence-electron chi connectivity index (χ2n) is 7.85. The summed E-state index contributed by atoms with van der Waals surface area (Å²) in [4.78, 5) is 7.22. The van der Waals surface area contributed by atoms with E-state index < -0.39 is 0 Å². The van der Waals surface area contributed by atoms with E-state index in [1.54, 1.807) is 0 Å².